The Labute approximate surface area is 199 Å². The molecule has 1 amide bonds. The summed E-state index contributed by atoms with van der Waals surface area (Å²) in [4.78, 5) is 25.9. The van der Waals surface area contributed by atoms with E-state index in [0.29, 0.717) is 24.3 Å². The molecule has 0 aromatic heterocycles. The Morgan fingerprint density at radius 1 is 1.15 bits per heavy atom. The van der Waals surface area contributed by atoms with Crippen LogP contribution in [0, 0.1) is 6.92 Å². The average molecular weight is 491 g/mol. The smallest absolute Gasteiger partial charge is 0.328 e. The topological polar surface area (TPSA) is 92.8 Å². The molecule has 1 aliphatic heterocycles. The zero-order valence-electron chi connectivity index (χ0n) is 18.9. The highest BCUT2D eigenvalue weighted by atomic mass is 32.2. The summed E-state index contributed by atoms with van der Waals surface area (Å²) in [5, 5.41) is 2.77. The molecule has 33 heavy (non-hydrogen) atoms. The fraction of sp³-hybridized carbons (Fsp3) is 0.417. The molecule has 0 bridgehead atoms. The maximum atomic E-state index is 13.3. The van der Waals surface area contributed by atoms with Gasteiger partial charge in [-0.15, -0.1) is 0 Å². The van der Waals surface area contributed by atoms with E-state index in [2.05, 4.69) is 5.32 Å². The SMILES string of the molecule is CCOC(=O)[C@H](CCc1ccccc1)NC(=O)[C@@H]1CSCCN1S(=O)(=O)c1ccc(C)cc1. The summed E-state index contributed by atoms with van der Waals surface area (Å²) >= 11 is 1.52. The van der Waals surface area contributed by atoms with Crippen LogP contribution in [0.25, 0.3) is 0 Å². The maximum Gasteiger partial charge on any atom is 0.328 e. The first-order valence-corrected chi connectivity index (χ1v) is 13.6. The zero-order valence-corrected chi connectivity index (χ0v) is 20.5. The van der Waals surface area contributed by atoms with Gasteiger partial charge in [-0.3, -0.25) is 4.79 Å². The number of rotatable bonds is 9. The zero-order chi connectivity index (χ0) is 23.8. The predicted molar refractivity (Wildman–Crippen MR) is 130 cm³/mol. The molecule has 3 rings (SSSR count). The van der Waals surface area contributed by atoms with Gasteiger partial charge in [-0.05, 0) is 44.4 Å². The van der Waals surface area contributed by atoms with Crippen LogP contribution >= 0.6 is 11.8 Å². The van der Waals surface area contributed by atoms with Crippen molar-refractivity contribution in [3.8, 4) is 0 Å². The number of ether oxygens (including phenoxy) is 1. The molecular weight excluding hydrogens is 460 g/mol. The highest BCUT2D eigenvalue weighted by Gasteiger charge is 2.39. The lowest BCUT2D eigenvalue weighted by Gasteiger charge is -2.34. The van der Waals surface area contributed by atoms with E-state index in [1.165, 1.54) is 16.1 Å². The Morgan fingerprint density at radius 3 is 2.52 bits per heavy atom. The number of thioether (sulfide) groups is 1. The van der Waals surface area contributed by atoms with Crippen molar-refractivity contribution in [1.29, 1.82) is 0 Å². The molecule has 0 saturated carbocycles. The van der Waals surface area contributed by atoms with E-state index in [9.17, 15) is 18.0 Å². The molecule has 0 radical (unpaired) electrons. The number of sulfonamides is 1. The van der Waals surface area contributed by atoms with Crippen molar-refractivity contribution in [2.75, 3.05) is 24.7 Å². The highest BCUT2D eigenvalue weighted by Crippen LogP contribution is 2.25. The predicted octanol–water partition coefficient (Wildman–Crippen LogP) is 2.78. The minimum absolute atomic E-state index is 0.156. The fourth-order valence-electron chi connectivity index (χ4n) is 3.64. The minimum atomic E-state index is -3.85. The number of nitrogens with one attached hydrogen (secondary N) is 1. The van der Waals surface area contributed by atoms with Gasteiger partial charge in [-0.2, -0.15) is 16.1 Å². The van der Waals surface area contributed by atoms with Crippen LogP contribution < -0.4 is 5.32 Å². The second-order valence-electron chi connectivity index (χ2n) is 7.86. The van der Waals surface area contributed by atoms with Crippen LogP contribution in [0.1, 0.15) is 24.5 Å². The lowest BCUT2D eigenvalue weighted by atomic mass is 10.0. The molecule has 9 heteroatoms. The summed E-state index contributed by atoms with van der Waals surface area (Å²) in [6, 6.07) is 14.5. The molecule has 1 fully saturated rings. The number of hydrogen-bond acceptors (Lipinski definition) is 6. The van der Waals surface area contributed by atoms with Crippen LogP contribution in [0.2, 0.25) is 0 Å². The van der Waals surface area contributed by atoms with Gasteiger partial charge >= 0.3 is 5.97 Å². The molecule has 0 spiro atoms. The average Bonchev–Trinajstić information content (AvgIpc) is 2.82. The summed E-state index contributed by atoms with van der Waals surface area (Å²) in [5.41, 5.74) is 1.99. The molecule has 0 unspecified atom stereocenters. The number of nitrogens with zero attached hydrogens (tertiary/aromatic N) is 1. The number of carbonyl (C=O) groups excluding carboxylic acids is 2. The van der Waals surface area contributed by atoms with E-state index < -0.39 is 34.0 Å². The Bertz CT molecular complexity index is 1040. The number of hydrogen-bond donors (Lipinski definition) is 1. The van der Waals surface area contributed by atoms with Crippen molar-refractivity contribution in [2.45, 2.75) is 43.7 Å². The number of esters is 1. The van der Waals surface area contributed by atoms with Crippen molar-refractivity contribution in [3.63, 3.8) is 0 Å². The molecular formula is C24H30N2O5S2. The Morgan fingerprint density at radius 2 is 1.85 bits per heavy atom. The quantitative estimate of drug-likeness (QED) is 0.544. The third-order valence-corrected chi connectivity index (χ3v) is 8.41. The second-order valence-corrected chi connectivity index (χ2v) is 10.9. The van der Waals surface area contributed by atoms with Crippen LogP contribution in [0.4, 0.5) is 0 Å². The molecule has 1 N–H and O–H groups in total. The summed E-state index contributed by atoms with van der Waals surface area (Å²) in [6.07, 6.45) is 0.939. The summed E-state index contributed by atoms with van der Waals surface area (Å²) in [7, 11) is -3.85. The van der Waals surface area contributed by atoms with Gasteiger partial charge in [-0.1, -0.05) is 48.0 Å². The third-order valence-electron chi connectivity index (χ3n) is 5.46. The monoisotopic (exact) mass is 490 g/mol. The number of carbonyl (C=O) groups is 2. The van der Waals surface area contributed by atoms with Crippen LogP contribution in [-0.4, -0.2) is 61.3 Å². The van der Waals surface area contributed by atoms with E-state index in [1.54, 1.807) is 31.2 Å². The van der Waals surface area contributed by atoms with E-state index in [-0.39, 0.29) is 18.0 Å². The molecule has 178 valence electrons. The van der Waals surface area contributed by atoms with Gasteiger partial charge in [0.05, 0.1) is 11.5 Å². The first kappa shape index (κ1) is 25.3. The van der Waals surface area contributed by atoms with Gasteiger partial charge in [-0.25, -0.2) is 13.2 Å². The van der Waals surface area contributed by atoms with E-state index in [4.69, 9.17) is 4.74 Å². The van der Waals surface area contributed by atoms with Crippen LogP contribution in [0.5, 0.6) is 0 Å². The van der Waals surface area contributed by atoms with E-state index >= 15 is 0 Å². The number of aryl methyl sites for hydroxylation is 2. The van der Waals surface area contributed by atoms with Crippen molar-refractivity contribution < 1.29 is 22.7 Å². The molecule has 7 nitrogen and oxygen atoms in total. The Hall–Kier alpha value is -2.36. The Kier molecular flexibility index (Phi) is 8.94. The molecule has 2 aromatic rings. The van der Waals surface area contributed by atoms with Gasteiger partial charge in [0.15, 0.2) is 0 Å². The van der Waals surface area contributed by atoms with Crippen molar-refractivity contribution in [3.05, 3.63) is 65.7 Å². The van der Waals surface area contributed by atoms with Gasteiger partial charge in [0.1, 0.15) is 12.1 Å². The lowest BCUT2D eigenvalue weighted by Crippen LogP contribution is -2.56. The fourth-order valence-corrected chi connectivity index (χ4v) is 6.49. The third kappa shape index (κ3) is 6.59. The van der Waals surface area contributed by atoms with Gasteiger partial charge in [0.2, 0.25) is 15.9 Å². The van der Waals surface area contributed by atoms with E-state index in [1.807, 2.05) is 37.3 Å². The summed E-state index contributed by atoms with van der Waals surface area (Å²) in [5.74, 6) is -0.0720. The number of benzene rings is 2. The van der Waals surface area contributed by atoms with Crippen LogP contribution in [0.15, 0.2) is 59.5 Å². The second kappa shape index (κ2) is 11.7. The van der Waals surface area contributed by atoms with Crippen molar-refractivity contribution in [1.82, 2.24) is 9.62 Å². The summed E-state index contributed by atoms with van der Waals surface area (Å²) in [6.45, 7) is 4.02. The molecule has 1 saturated heterocycles. The van der Waals surface area contributed by atoms with Crippen LogP contribution in [-0.2, 0) is 30.8 Å². The maximum absolute atomic E-state index is 13.3. The van der Waals surface area contributed by atoms with Gasteiger partial charge in [0.25, 0.3) is 0 Å². The first-order valence-electron chi connectivity index (χ1n) is 11.0. The standard InChI is InChI=1S/C24H30N2O5S2/c1-3-31-24(28)21(14-11-19-7-5-4-6-8-19)25-23(27)22-17-32-16-15-26(22)33(29,30)20-12-9-18(2)10-13-20/h4-10,12-13,21-22H,3,11,14-17H2,1-2H3,(H,25,27)/t21-,22-/m0/s1. The molecule has 0 aliphatic carbocycles. The first-order chi connectivity index (χ1) is 15.8. The van der Waals surface area contributed by atoms with Gasteiger partial charge in [0, 0.05) is 18.1 Å². The molecule has 2 atom stereocenters. The van der Waals surface area contributed by atoms with Crippen molar-refractivity contribution in [2.24, 2.45) is 0 Å². The molecule has 1 aliphatic rings. The normalized spacial score (nSPS) is 17.8. The highest BCUT2D eigenvalue weighted by molar-refractivity contribution is 7.99. The van der Waals surface area contributed by atoms with Gasteiger partial charge < -0.3 is 10.1 Å². The van der Waals surface area contributed by atoms with Crippen molar-refractivity contribution >= 4 is 33.7 Å². The lowest BCUT2D eigenvalue weighted by molar-refractivity contribution is -0.148. The molecule has 1 heterocycles. The Balaban J connectivity index is 1.77. The summed E-state index contributed by atoms with van der Waals surface area (Å²) < 4.78 is 33.0. The largest absolute Gasteiger partial charge is 0.464 e. The molecule has 2 aromatic carbocycles. The van der Waals surface area contributed by atoms with E-state index in [0.717, 1.165) is 11.1 Å². The minimum Gasteiger partial charge on any atom is -0.464 e. The van der Waals surface area contributed by atoms with Crippen LogP contribution in [0.3, 0.4) is 0 Å². The number of amides is 1.